The van der Waals surface area contributed by atoms with Crippen LogP contribution in [0.3, 0.4) is 0 Å². The summed E-state index contributed by atoms with van der Waals surface area (Å²) in [4.78, 5) is 7.12. The number of halogens is 1. The molecule has 1 saturated heterocycles. The third-order valence-electron chi connectivity index (χ3n) is 4.67. The Morgan fingerprint density at radius 2 is 1.75 bits per heavy atom. The SMILES string of the molecule is OC1CCN(c2nc3ccccc3n2Cc2ccccc2Cl)CC1. The Balaban J connectivity index is 1.77. The molecule has 0 amide bonds. The van der Waals surface area contributed by atoms with Gasteiger partial charge in [-0.05, 0) is 36.6 Å². The smallest absolute Gasteiger partial charge is 0.206 e. The van der Waals surface area contributed by atoms with E-state index in [9.17, 15) is 5.11 Å². The number of fused-ring (bicyclic) bond motifs is 1. The Kier molecular flexibility index (Phi) is 4.17. The normalized spacial score (nSPS) is 16.0. The standard InChI is InChI=1S/C19H20ClN3O/c20-16-6-2-1-5-14(16)13-23-18-8-4-3-7-17(18)21-19(23)22-11-9-15(24)10-12-22/h1-8,15,24H,9-13H2. The molecule has 0 aliphatic carbocycles. The van der Waals surface area contributed by atoms with Gasteiger partial charge in [0, 0.05) is 18.1 Å². The zero-order valence-electron chi connectivity index (χ0n) is 13.4. The third kappa shape index (κ3) is 2.87. The van der Waals surface area contributed by atoms with Gasteiger partial charge in [-0.25, -0.2) is 4.98 Å². The number of benzene rings is 2. The zero-order valence-corrected chi connectivity index (χ0v) is 14.2. The van der Waals surface area contributed by atoms with E-state index in [4.69, 9.17) is 16.6 Å². The topological polar surface area (TPSA) is 41.3 Å². The first-order valence-corrected chi connectivity index (χ1v) is 8.72. The van der Waals surface area contributed by atoms with Crippen LogP contribution in [0.2, 0.25) is 5.02 Å². The lowest BCUT2D eigenvalue weighted by molar-refractivity contribution is 0.145. The van der Waals surface area contributed by atoms with Crippen LogP contribution in [0, 0.1) is 0 Å². The molecule has 1 fully saturated rings. The van der Waals surface area contributed by atoms with Crippen molar-refractivity contribution in [2.24, 2.45) is 0 Å². The molecule has 0 atom stereocenters. The summed E-state index contributed by atoms with van der Waals surface area (Å²) in [6.45, 7) is 2.34. The molecule has 3 aromatic rings. The summed E-state index contributed by atoms with van der Waals surface area (Å²) in [5.41, 5.74) is 3.19. The van der Waals surface area contributed by atoms with Gasteiger partial charge in [0.2, 0.25) is 5.95 Å². The molecular weight excluding hydrogens is 322 g/mol. The van der Waals surface area contributed by atoms with Gasteiger partial charge in [0.05, 0.1) is 23.7 Å². The minimum absolute atomic E-state index is 0.192. The first-order chi connectivity index (χ1) is 11.7. The van der Waals surface area contributed by atoms with Crippen LogP contribution < -0.4 is 4.90 Å². The van der Waals surface area contributed by atoms with E-state index in [1.165, 1.54) is 0 Å². The summed E-state index contributed by atoms with van der Waals surface area (Å²) in [6.07, 6.45) is 1.38. The fourth-order valence-electron chi connectivity index (χ4n) is 3.32. The Hall–Kier alpha value is -2.04. The van der Waals surface area contributed by atoms with Crippen molar-refractivity contribution in [2.75, 3.05) is 18.0 Å². The fourth-order valence-corrected chi connectivity index (χ4v) is 3.52. The summed E-state index contributed by atoms with van der Waals surface area (Å²) in [5, 5.41) is 10.6. The van der Waals surface area contributed by atoms with E-state index in [0.717, 1.165) is 53.5 Å². The van der Waals surface area contributed by atoms with Gasteiger partial charge in [0.1, 0.15) is 0 Å². The minimum atomic E-state index is -0.192. The Morgan fingerprint density at radius 3 is 2.54 bits per heavy atom. The maximum Gasteiger partial charge on any atom is 0.206 e. The van der Waals surface area contributed by atoms with E-state index < -0.39 is 0 Å². The van der Waals surface area contributed by atoms with Crippen molar-refractivity contribution < 1.29 is 5.11 Å². The molecular formula is C19H20ClN3O. The fraction of sp³-hybridized carbons (Fsp3) is 0.316. The van der Waals surface area contributed by atoms with E-state index in [-0.39, 0.29) is 6.10 Å². The van der Waals surface area contributed by atoms with Crippen LogP contribution in [0.15, 0.2) is 48.5 Å². The average Bonchev–Trinajstić information content (AvgIpc) is 2.96. The lowest BCUT2D eigenvalue weighted by Crippen LogP contribution is -2.37. The van der Waals surface area contributed by atoms with Gasteiger partial charge in [0.25, 0.3) is 0 Å². The highest BCUT2D eigenvalue weighted by atomic mass is 35.5. The second-order valence-corrected chi connectivity index (χ2v) is 6.70. The predicted molar refractivity (Wildman–Crippen MR) is 97.7 cm³/mol. The first kappa shape index (κ1) is 15.5. The number of hydrogen-bond donors (Lipinski definition) is 1. The van der Waals surface area contributed by atoms with Crippen LogP contribution in [0.4, 0.5) is 5.95 Å². The number of nitrogens with zero attached hydrogens (tertiary/aromatic N) is 3. The predicted octanol–water partition coefficient (Wildman–Crippen LogP) is 3.70. The lowest BCUT2D eigenvalue weighted by Gasteiger charge is -2.31. The molecule has 4 rings (SSSR count). The van der Waals surface area contributed by atoms with Crippen molar-refractivity contribution in [3.8, 4) is 0 Å². The van der Waals surface area contributed by atoms with Crippen molar-refractivity contribution in [1.29, 1.82) is 0 Å². The minimum Gasteiger partial charge on any atom is -0.393 e. The van der Waals surface area contributed by atoms with Crippen LogP contribution in [0.1, 0.15) is 18.4 Å². The average molecular weight is 342 g/mol. The quantitative estimate of drug-likeness (QED) is 0.789. The number of anilines is 1. The molecule has 1 N–H and O–H groups in total. The monoisotopic (exact) mass is 341 g/mol. The van der Waals surface area contributed by atoms with Gasteiger partial charge in [-0.1, -0.05) is 41.9 Å². The molecule has 124 valence electrons. The summed E-state index contributed by atoms with van der Waals surface area (Å²) in [6, 6.07) is 16.1. The molecule has 5 heteroatoms. The molecule has 0 spiro atoms. The third-order valence-corrected chi connectivity index (χ3v) is 5.04. The molecule has 0 bridgehead atoms. The number of imidazole rings is 1. The highest BCUT2D eigenvalue weighted by Gasteiger charge is 2.22. The Bertz CT molecular complexity index is 853. The van der Waals surface area contributed by atoms with Crippen molar-refractivity contribution in [3.63, 3.8) is 0 Å². The number of aliphatic hydroxyl groups excluding tert-OH is 1. The second-order valence-electron chi connectivity index (χ2n) is 6.30. The van der Waals surface area contributed by atoms with Crippen LogP contribution >= 0.6 is 11.6 Å². The zero-order chi connectivity index (χ0) is 16.5. The molecule has 1 aliphatic heterocycles. The molecule has 2 heterocycles. The molecule has 1 aromatic heterocycles. The van der Waals surface area contributed by atoms with E-state index in [2.05, 4.69) is 21.6 Å². The van der Waals surface area contributed by atoms with Crippen LogP contribution in [-0.4, -0.2) is 33.9 Å². The highest BCUT2D eigenvalue weighted by Crippen LogP contribution is 2.27. The van der Waals surface area contributed by atoms with Crippen molar-refractivity contribution in [1.82, 2.24) is 9.55 Å². The summed E-state index contributed by atoms with van der Waals surface area (Å²) < 4.78 is 2.23. The number of para-hydroxylation sites is 2. The summed E-state index contributed by atoms with van der Waals surface area (Å²) in [7, 11) is 0. The maximum atomic E-state index is 9.78. The maximum absolute atomic E-state index is 9.78. The van der Waals surface area contributed by atoms with Gasteiger partial charge < -0.3 is 14.6 Å². The van der Waals surface area contributed by atoms with Gasteiger partial charge in [-0.15, -0.1) is 0 Å². The Morgan fingerprint density at radius 1 is 1.04 bits per heavy atom. The van der Waals surface area contributed by atoms with Crippen molar-refractivity contribution in [2.45, 2.75) is 25.5 Å². The summed E-state index contributed by atoms with van der Waals surface area (Å²) >= 11 is 6.37. The lowest BCUT2D eigenvalue weighted by atomic mass is 10.1. The molecule has 24 heavy (non-hydrogen) atoms. The molecule has 2 aromatic carbocycles. The highest BCUT2D eigenvalue weighted by molar-refractivity contribution is 6.31. The molecule has 0 saturated carbocycles. The van der Waals surface area contributed by atoms with E-state index >= 15 is 0 Å². The largest absolute Gasteiger partial charge is 0.393 e. The summed E-state index contributed by atoms with van der Waals surface area (Å²) in [5.74, 6) is 0.961. The van der Waals surface area contributed by atoms with Gasteiger partial charge in [0.15, 0.2) is 0 Å². The number of aliphatic hydroxyl groups is 1. The van der Waals surface area contributed by atoms with Crippen LogP contribution in [-0.2, 0) is 6.54 Å². The van der Waals surface area contributed by atoms with Gasteiger partial charge in [-0.3, -0.25) is 0 Å². The Labute approximate surface area is 146 Å². The number of piperidine rings is 1. The van der Waals surface area contributed by atoms with Crippen LogP contribution in [0.5, 0.6) is 0 Å². The molecule has 0 unspecified atom stereocenters. The van der Waals surface area contributed by atoms with Crippen LogP contribution in [0.25, 0.3) is 11.0 Å². The molecule has 1 aliphatic rings. The number of hydrogen-bond acceptors (Lipinski definition) is 3. The number of aromatic nitrogens is 2. The number of rotatable bonds is 3. The molecule has 4 nitrogen and oxygen atoms in total. The van der Waals surface area contributed by atoms with Gasteiger partial charge >= 0.3 is 0 Å². The van der Waals surface area contributed by atoms with E-state index in [1.807, 2.05) is 36.4 Å². The van der Waals surface area contributed by atoms with Crippen molar-refractivity contribution >= 4 is 28.6 Å². The molecule has 0 radical (unpaired) electrons. The van der Waals surface area contributed by atoms with Crippen molar-refractivity contribution in [3.05, 3.63) is 59.1 Å². The first-order valence-electron chi connectivity index (χ1n) is 8.34. The second kappa shape index (κ2) is 6.46. The van der Waals surface area contributed by atoms with Gasteiger partial charge in [-0.2, -0.15) is 0 Å². The van der Waals surface area contributed by atoms with E-state index in [1.54, 1.807) is 0 Å². The van der Waals surface area contributed by atoms with E-state index in [0.29, 0.717) is 6.54 Å².